The first-order valence-corrected chi connectivity index (χ1v) is 8.10. The van der Waals surface area contributed by atoms with Gasteiger partial charge in [-0.05, 0) is 30.9 Å². The summed E-state index contributed by atoms with van der Waals surface area (Å²) >= 11 is 0. The molecule has 0 aliphatic heterocycles. The lowest BCUT2D eigenvalue weighted by Gasteiger charge is -2.12. The molecule has 0 aromatic carbocycles. The third-order valence-electron chi connectivity index (χ3n) is 4.45. The standard InChI is InChI=1S/C18H17N5O/c1-10(2)15-16(12-5-6-14(20-8-12)11-3-4-11)22-17-13(7-19)9-21-23(17)18(15)24/h5-6,8-11,21H,3-4H2,1-2H3. The van der Waals surface area contributed by atoms with E-state index < -0.39 is 0 Å². The summed E-state index contributed by atoms with van der Waals surface area (Å²) in [4.78, 5) is 22.0. The number of aromatic amines is 1. The summed E-state index contributed by atoms with van der Waals surface area (Å²) < 4.78 is 1.34. The molecule has 0 saturated heterocycles. The molecule has 1 aliphatic carbocycles. The summed E-state index contributed by atoms with van der Waals surface area (Å²) in [5.41, 5.74) is 3.69. The molecule has 1 saturated carbocycles. The van der Waals surface area contributed by atoms with Crippen LogP contribution >= 0.6 is 0 Å². The molecule has 24 heavy (non-hydrogen) atoms. The van der Waals surface area contributed by atoms with Crippen molar-refractivity contribution >= 4 is 5.65 Å². The van der Waals surface area contributed by atoms with Gasteiger partial charge in [-0.2, -0.15) is 5.26 Å². The zero-order valence-electron chi connectivity index (χ0n) is 13.6. The van der Waals surface area contributed by atoms with Crippen molar-refractivity contribution in [1.29, 1.82) is 5.26 Å². The van der Waals surface area contributed by atoms with Gasteiger partial charge in [0.25, 0.3) is 5.56 Å². The first-order chi connectivity index (χ1) is 11.6. The molecule has 3 heterocycles. The van der Waals surface area contributed by atoms with E-state index in [9.17, 15) is 10.1 Å². The number of nitrogens with one attached hydrogen (secondary N) is 1. The molecular formula is C18H17N5O. The van der Waals surface area contributed by atoms with Crippen LogP contribution in [0, 0.1) is 11.3 Å². The predicted molar refractivity (Wildman–Crippen MR) is 89.8 cm³/mol. The number of fused-ring (bicyclic) bond motifs is 1. The molecule has 0 radical (unpaired) electrons. The lowest BCUT2D eigenvalue weighted by molar-refractivity contribution is 0.797. The molecule has 1 aliphatic rings. The van der Waals surface area contributed by atoms with Gasteiger partial charge in [-0.3, -0.25) is 14.9 Å². The third kappa shape index (κ3) is 2.21. The van der Waals surface area contributed by atoms with Gasteiger partial charge in [-0.1, -0.05) is 13.8 Å². The maximum absolute atomic E-state index is 12.8. The highest BCUT2D eigenvalue weighted by Crippen LogP contribution is 2.39. The minimum absolute atomic E-state index is 0.00819. The van der Waals surface area contributed by atoms with Crippen LogP contribution in [0.2, 0.25) is 0 Å². The summed E-state index contributed by atoms with van der Waals surface area (Å²) in [6.45, 7) is 3.93. The van der Waals surface area contributed by atoms with Crippen LogP contribution in [0.3, 0.4) is 0 Å². The van der Waals surface area contributed by atoms with Crippen LogP contribution in [-0.4, -0.2) is 19.6 Å². The van der Waals surface area contributed by atoms with E-state index in [1.807, 2.05) is 26.0 Å². The molecule has 3 aromatic heterocycles. The van der Waals surface area contributed by atoms with Crippen molar-refractivity contribution < 1.29 is 0 Å². The van der Waals surface area contributed by atoms with Crippen LogP contribution in [0.15, 0.2) is 29.3 Å². The van der Waals surface area contributed by atoms with E-state index in [4.69, 9.17) is 0 Å². The maximum Gasteiger partial charge on any atom is 0.276 e. The first-order valence-electron chi connectivity index (χ1n) is 8.10. The molecule has 0 atom stereocenters. The second-order valence-corrected chi connectivity index (χ2v) is 6.54. The highest BCUT2D eigenvalue weighted by molar-refractivity contribution is 5.67. The quantitative estimate of drug-likeness (QED) is 0.804. The Balaban J connectivity index is 1.96. The molecule has 0 spiro atoms. The van der Waals surface area contributed by atoms with Crippen molar-refractivity contribution in [3.63, 3.8) is 0 Å². The van der Waals surface area contributed by atoms with E-state index >= 15 is 0 Å². The average Bonchev–Trinajstić information content (AvgIpc) is 3.34. The molecular weight excluding hydrogens is 302 g/mol. The fourth-order valence-electron chi connectivity index (χ4n) is 3.02. The van der Waals surface area contributed by atoms with Crippen molar-refractivity contribution in [2.24, 2.45) is 0 Å². The molecule has 120 valence electrons. The molecule has 6 nitrogen and oxygen atoms in total. The summed E-state index contributed by atoms with van der Waals surface area (Å²) in [6.07, 6.45) is 5.69. The molecule has 1 N–H and O–H groups in total. The Hall–Kier alpha value is -2.94. The molecule has 6 heteroatoms. The van der Waals surface area contributed by atoms with Crippen LogP contribution < -0.4 is 5.56 Å². The highest BCUT2D eigenvalue weighted by atomic mass is 16.1. The Morgan fingerprint density at radius 2 is 2.17 bits per heavy atom. The fraction of sp³-hybridized carbons (Fsp3) is 0.333. The van der Waals surface area contributed by atoms with E-state index in [1.54, 1.807) is 6.20 Å². The smallest absolute Gasteiger partial charge is 0.276 e. The van der Waals surface area contributed by atoms with E-state index in [0.717, 1.165) is 11.3 Å². The van der Waals surface area contributed by atoms with Gasteiger partial charge >= 0.3 is 0 Å². The topological polar surface area (TPSA) is 86.8 Å². The Bertz CT molecular complexity index is 1020. The zero-order valence-corrected chi connectivity index (χ0v) is 13.6. The van der Waals surface area contributed by atoms with Crippen LogP contribution in [0.5, 0.6) is 0 Å². The number of rotatable bonds is 3. The summed E-state index contributed by atoms with van der Waals surface area (Å²) in [5, 5.41) is 12.0. The van der Waals surface area contributed by atoms with Gasteiger partial charge in [0.15, 0.2) is 5.65 Å². The van der Waals surface area contributed by atoms with Crippen LogP contribution in [0.25, 0.3) is 16.9 Å². The van der Waals surface area contributed by atoms with E-state index in [-0.39, 0.29) is 11.5 Å². The molecule has 0 amide bonds. The number of nitrogens with zero attached hydrogens (tertiary/aromatic N) is 4. The lowest BCUT2D eigenvalue weighted by atomic mass is 9.99. The van der Waals surface area contributed by atoms with Crippen LogP contribution in [0.1, 0.15) is 55.3 Å². The van der Waals surface area contributed by atoms with Crippen molar-refractivity contribution in [3.8, 4) is 17.3 Å². The molecule has 0 bridgehead atoms. The minimum Gasteiger partial charge on any atom is -0.295 e. The van der Waals surface area contributed by atoms with Crippen molar-refractivity contribution in [3.05, 3.63) is 51.7 Å². The third-order valence-corrected chi connectivity index (χ3v) is 4.45. The van der Waals surface area contributed by atoms with Crippen molar-refractivity contribution in [2.75, 3.05) is 0 Å². The number of H-pyrrole nitrogens is 1. The fourth-order valence-corrected chi connectivity index (χ4v) is 3.02. The lowest BCUT2D eigenvalue weighted by Crippen LogP contribution is -2.22. The summed E-state index contributed by atoms with van der Waals surface area (Å²) in [5.74, 6) is 0.591. The summed E-state index contributed by atoms with van der Waals surface area (Å²) in [6, 6.07) is 6.06. The predicted octanol–water partition coefficient (Wildman–Crippen LogP) is 2.96. The minimum atomic E-state index is -0.169. The Morgan fingerprint density at radius 1 is 1.38 bits per heavy atom. The number of pyridine rings is 1. The van der Waals surface area contributed by atoms with E-state index in [2.05, 4.69) is 21.1 Å². The van der Waals surface area contributed by atoms with Gasteiger partial charge in [0.05, 0.1) is 5.69 Å². The monoisotopic (exact) mass is 319 g/mol. The second-order valence-electron chi connectivity index (χ2n) is 6.54. The molecule has 1 fully saturated rings. The van der Waals surface area contributed by atoms with Gasteiger partial charge in [0.1, 0.15) is 11.6 Å². The van der Waals surface area contributed by atoms with Gasteiger partial charge < -0.3 is 0 Å². The number of hydrogen-bond acceptors (Lipinski definition) is 4. The van der Waals surface area contributed by atoms with Gasteiger partial charge in [0.2, 0.25) is 0 Å². The molecule has 4 rings (SSSR count). The Labute approximate surface area is 138 Å². The second kappa shape index (κ2) is 5.31. The normalized spacial score (nSPS) is 14.2. The summed E-state index contributed by atoms with van der Waals surface area (Å²) in [7, 11) is 0. The Kier molecular flexibility index (Phi) is 3.24. The number of nitriles is 1. The highest BCUT2D eigenvalue weighted by Gasteiger charge is 2.25. The van der Waals surface area contributed by atoms with Crippen LogP contribution in [0.4, 0.5) is 0 Å². The van der Waals surface area contributed by atoms with Gasteiger partial charge in [-0.25, -0.2) is 9.50 Å². The average molecular weight is 319 g/mol. The number of aromatic nitrogens is 4. The van der Waals surface area contributed by atoms with Crippen molar-refractivity contribution in [1.82, 2.24) is 19.6 Å². The van der Waals surface area contributed by atoms with E-state index in [1.165, 1.54) is 23.6 Å². The van der Waals surface area contributed by atoms with Crippen LogP contribution in [-0.2, 0) is 0 Å². The maximum atomic E-state index is 12.8. The largest absolute Gasteiger partial charge is 0.295 e. The number of hydrogen-bond donors (Lipinski definition) is 1. The SMILES string of the molecule is CC(C)c1c(-c2ccc(C3CC3)nc2)nc2c(C#N)c[nH]n2c1=O. The van der Waals surface area contributed by atoms with Gasteiger partial charge in [-0.15, -0.1) is 0 Å². The zero-order chi connectivity index (χ0) is 16.8. The van der Waals surface area contributed by atoms with E-state index in [0.29, 0.717) is 28.4 Å². The van der Waals surface area contributed by atoms with Gasteiger partial charge in [0, 0.05) is 35.1 Å². The molecule has 3 aromatic rings. The Morgan fingerprint density at radius 3 is 2.75 bits per heavy atom. The first kappa shape index (κ1) is 14.6. The molecule has 0 unspecified atom stereocenters. The van der Waals surface area contributed by atoms with Crippen molar-refractivity contribution in [2.45, 2.75) is 38.5 Å².